The van der Waals surface area contributed by atoms with Crippen LogP contribution in [0.1, 0.15) is 65.7 Å². The molecule has 4 rings (SSSR count). The quantitative estimate of drug-likeness (QED) is 0.730. The number of hydrogen-bond acceptors (Lipinski definition) is 3. The van der Waals surface area contributed by atoms with E-state index in [1.54, 1.807) is 6.92 Å². The molecule has 0 aliphatic heterocycles. The van der Waals surface area contributed by atoms with Crippen LogP contribution in [0.4, 0.5) is 0 Å². The molecule has 0 aromatic carbocycles. The normalized spacial score (nSPS) is 52.1. The van der Waals surface area contributed by atoms with E-state index in [4.69, 9.17) is 0 Å². The molecule has 2 N–H and O–H groups in total. The number of ketones is 1. The molecular formula is C20H30O3. The number of hydrogen-bond donors (Lipinski definition) is 2. The van der Waals surface area contributed by atoms with E-state index < -0.39 is 0 Å². The summed E-state index contributed by atoms with van der Waals surface area (Å²) in [6.07, 6.45) is 6.01. The average Bonchev–Trinajstić information content (AvgIpc) is 2.92. The van der Waals surface area contributed by atoms with E-state index in [9.17, 15) is 15.0 Å². The van der Waals surface area contributed by atoms with Gasteiger partial charge in [-0.2, -0.15) is 0 Å². The fraction of sp³-hybridized carbons (Fsp3) is 0.850. The molecular weight excluding hydrogens is 288 g/mol. The maximum absolute atomic E-state index is 12.1. The van der Waals surface area contributed by atoms with Crippen LogP contribution >= 0.6 is 0 Å². The second-order valence-corrected chi connectivity index (χ2v) is 9.14. The Kier molecular flexibility index (Phi) is 3.39. The van der Waals surface area contributed by atoms with Gasteiger partial charge in [-0.15, -0.1) is 0 Å². The Balaban J connectivity index is 1.74. The predicted octanol–water partition coefficient (Wildman–Crippen LogP) is 3.24. The van der Waals surface area contributed by atoms with Gasteiger partial charge in [0.15, 0.2) is 0 Å². The molecule has 3 saturated carbocycles. The first-order valence-electron chi connectivity index (χ1n) is 9.38. The van der Waals surface area contributed by atoms with E-state index in [1.165, 1.54) is 11.1 Å². The van der Waals surface area contributed by atoms with E-state index in [0.717, 1.165) is 38.5 Å². The minimum absolute atomic E-state index is 0.0595. The van der Waals surface area contributed by atoms with Gasteiger partial charge in [0.1, 0.15) is 5.78 Å². The number of aliphatic hydroxyl groups is 2. The molecule has 3 fully saturated rings. The summed E-state index contributed by atoms with van der Waals surface area (Å²) in [5.74, 6) is 1.16. The SMILES string of the molecule is CC(=O)[C@H]1CC[C@H]2[C@H]3C(=C4CC[C@@H](O)C[C@@]4(C)[C@H]3O)CC[C@]12C. The predicted molar refractivity (Wildman–Crippen MR) is 88.7 cm³/mol. The van der Waals surface area contributed by atoms with Crippen molar-refractivity contribution in [2.75, 3.05) is 0 Å². The molecule has 23 heavy (non-hydrogen) atoms. The van der Waals surface area contributed by atoms with Gasteiger partial charge in [0.2, 0.25) is 0 Å². The molecule has 0 amide bonds. The lowest BCUT2D eigenvalue weighted by Crippen LogP contribution is -2.46. The van der Waals surface area contributed by atoms with Crippen molar-refractivity contribution in [1.29, 1.82) is 0 Å². The molecule has 0 aromatic heterocycles. The van der Waals surface area contributed by atoms with Gasteiger partial charge in [-0.05, 0) is 63.2 Å². The maximum Gasteiger partial charge on any atom is 0.133 e. The van der Waals surface area contributed by atoms with E-state index in [2.05, 4.69) is 13.8 Å². The Bertz CT molecular complexity index is 579. The highest BCUT2D eigenvalue weighted by Gasteiger charge is 2.62. The van der Waals surface area contributed by atoms with Crippen molar-refractivity contribution in [2.45, 2.75) is 77.9 Å². The summed E-state index contributed by atoms with van der Waals surface area (Å²) in [5.41, 5.74) is 2.77. The van der Waals surface area contributed by atoms with Crippen LogP contribution in [0, 0.1) is 28.6 Å². The van der Waals surface area contributed by atoms with Crippen LogP contribution in [-0.4, -0.2) is 28.2 Å². The zero-order valence-electron chi connectivity index (χ0n) is 14.6. The van der Waals surface area contributed by atoms with E-state index in [0.29, 0.717) is 18.1 Å². The highest BCUT2D eigenvalue weighted by Crippen LogP contribution is 2.66. The highest BCUT2D eigenvalue weighted by atomic mass is 16.3. The number of aliphatic hydroxyl groups excluding tert-OH is 2. The Morgan fingerprint density at radius 1 is 1.13 bits per heavy atom. The van der Waals surface area contributed by atoms with Crippen LogP contribution < -0.4 is 0 Å². The highest BCUT2D eigenvalue weighted by molar-refractivity contribution is 5.79. The lowest BCUT2D eigenvalue weighted by Gasteiger charge is -2.46. The molecule has 0 radical (unpaired) electrons. The molecule has 0 spiro atoms. The molecule has 0 heterocycles. The lowest BCUT2D eigenvalue weighted by molar-refractivity contribution is -0.125. The fourth-order valence-electron chi connectivity index (χ4n) is 6.99. The second kappa shape index (κ2) is 4.92. The van der Waals surface area contributed by atoms with Crippen LogP contribution in [0.15, 0.2) is 11.1 Å². The van der Waals surface area contributed by atoms with Crippen molar-refractivity contribution in [3.8, 4) is 0 Å². The Morgan fingerprint density at radius 2 is 1.87 bits per heavy atom. The molecule has 128 valence electrons. The van der Waals surface area contributed by atoms with Crippen LogP contribution in [0.25, 0.3) is 0 Å². The first kappa shape index (κ1) is 15.8. The summed E-state index contributed by atoms with van der Waals surface area (Å²) in [4.78, 5) is 12.1. The third-order valence-corrected chi connectivity index (χ3v) is 8.13. The molecule has 4 aliphatic rings. The van der Waals surface area contributed by atoms with Crippen molar-refractivity contribution in [3.05, 3.63) is 11.1 Å². The summed E-state index contributed by atoms with van der Waals surface area (Å²) in [6, 6.07) is 0. The van der Waals surface area contributed by atoms with Crippen molar-refractivity contribution in [3.63, 3.8) is 0 Å². The van der Waals surface area contributed by atoms with Crippen LogP contribution in [0.5, 0.6) is 0 Å². The third-order valence-electron chi connectivity index (χ3n) is 8.13. The van der Waals surface area contributed by atoms with Gasteiger partial charge < -0.3 is 10.2 Å². The number of fused-ring (bicyclic) bond motifs is 4. The van der Waals surface area contributed by atoms with Gasteiger partial charge in [-0.3, -0.25) is 4.79 Å². The van der Waals surface area contributed by atoms with Gasteiger partial charge in [0.05, 0.1) is 12.2 Å². The fourth-order valence-corrected chi connectivity index (χ4v) is 6.99. The van der Waals surface area contributed by atoms with Gasteiger partial charge >= 0.3 is 0 Å². The van der Waals surface area contributed by atoms with Crippen LogP contribution in [-0.2, 0) is 4.79 Å². The number of carbonyl (C=O) groups is 1. The maximum atomic E-state index is 12.1. The Hall–Kier alpha value is -0.670. The minimum atomic E-state index is -0.377. The lowest BCUT2D eigenvalue weighted by atomic mass is 9.58. The summed E-state index contributed by atoms with van der Waals surface area (Å²) in [5, 5.41) is 21.4. The second-order valence-electron chi connectivity index (χ2n) is 9.14. The van der Waals surface area contributed by atoms with Gasteiger partial charge in [0.25, 0.3) is 0 Å². The monoisotopic (exact) mass is 318 g/mol. The standard InChI is InChI=1S/C20H30O3/c1-11(21)14-6-7-16-17-13(8-9-19(14,16)2)15-5-4-12(22)10-20(15,3)18(17)23/h12,14,16-18,22-23H,4-10H2,1-3H3/t12-,14-,16+,17-,18+,19-,20-/m1/s1. The van der Waals surface area contributed by atoms with E-state index in [1.807, 2.05) is 0 Å². The molecule has 7 atom stereocenters. The minimum Gasteiger partial charge on any atom is -0.393 e. The largest absolute Gasteiger partial charge is 0.393 e. The number of Topliss-reactive ketones (excluding diaryl/α,β-unsaturated/α-hetero) is 1. The Morgan fingerprint density at radius 3 is 2.57 bits per heavy atom. The van der Waals surface area contributed by atoms with Crippen molar-refractivity contribution >= 4 is 5.78 Å². The first-order valence-corrected chi connectivity index (χ1v) is 9.38. The van der Waals surface area contributed by atoms with E-state index >= 15 is 0 Å². The number of carbonyl (C=O) groups excluding carboxylic acids is 1. The van der Waals surface area contributed by atoms with Crippen molar-refractivity contribution < 1.29 is 15.0 Å². The third kappa shape index (κ3) is 1.93. The zero-order valence-corrected chi connectivity index (χ0v) is 14.6. The summed E-state index contributed by atoms with van der Waals surface area (Å²) in [6.45, 7) is 6.20. The van der Waals surface area contributed by atoms with Crippen LogP contribution in [0.3, 0.4) is 0 Å². The van der Waals surface area contributed by atoms with Crippen LogP contribution in [0.2, 0.25) is 0 Å². The molecule has 0 saturated heterocycles. The van der Waals surface area contributed by atoms with Gasteiger partial charge in [-0.25, -0.2) is 0 Å². The van der Waals surface area contributed by atoms with Crippen molar-refractivity contribution in [1.82, 2.24) is 0 Å². The molecule has 0 bridgehead atoms. The first-order chi connectivity index (χ1) is 10.8. The zero-order chi connectivity index (χ0) is 16.6. The van der Waals surface area contributed by atoms with Gasteiger partial charge in [-0.1, -0.05) is 25.0 Å². The van der Waals surface area contributed by atoms with E-state index in [-0.39, 0.29) is 34.9 Å². The Labute approximate surface area is 139 Å². The molecule has 0 aromatic rings. The molecule has 3 heteroatoms. The molecule has 0 unspecified atom stereocenters. The molecule has 3 nitrogen and oxygen atoms in total. The summed E-state index contributed by atoms with van der Waals surface area (Å²) in [7, 11) is 0. The number of rotatable bonds is 1. The topological polar surface area (TPSA) is 57.5 Å². The average molecular weight is 318 g/mol. The summed E-state index contributed by atoms with van der Waals surface area (Å²) >= 11 is 0. The van der Waals surface area contributed by atoms with Gasteiger partial charge in [0, 0.05) is 17.3 Å². The summed E-state index contributed by atoms with van der Waals surface area (Å²) < 4.78 is 0. The van der Waals surface area contributed by atoms with Crippen molar-refractivity contribution in [2.24, 2.45) is 28.6 Å². The smallest absolute Gasteiger partial charge is 0.133 e. The molecule has 4 aliphatic carbocycles.